The normalized spacial score (nSPS) is 9.15. The maximum atomic E-state index is 6.21. The van der Waals surface area contributed by atoms with Gasteiger partial charge in [0.1, 0.15) is 0 Å². The Bertz CT molecular complexity index is 728. The molecule has 0 aliphatic carbocycles. The first-order chi connectivity index (χ1) is 12.8. The smallest absolute Gasteiger partial charge is 0.172 e. The van der Waals surface area contributed by atoms with Gasteiger partial charge >= 0.3 is 109 Å². The number of rotatable bonds is 2. The average molecular weight is 415 g/mol. The number of benzene rings is 2. The molecule has 4 rings (SSSR count). The van der Waals surface area contributed by atoms with Gasteiger partial charge in [-0.05, 0) is 0 Å². The zero-order valence-corrected chi connectivity index (χ0v) is 17.4. The first kappa shape index (κ1) is 20.6. The van der Waals surface area contributed by atoms with Gasteiger partial charge in [-0.15, -0.1) is 0 Å². The summed E-state index contributed by atoms with van der Waals surface area (Å²) in [6.45, 7) is 0. The molecule has 4 aromatic rings. The van der Waals surface area contributed by atoms with E-state index in [0.29, 0.717) is 0 Å². The second kappa shape index (κ2) is 12.6. The molecule has 0 fully saturated rings. The second-order valence-electron chi connectivity index (χ2n) is 5.29. The summed E-state index contributed by atoms with van der Waals surface area (Å²) in [5.41, 5.74) is 2.27. The van der Waals surface area contributed by atoms with E-state index in [1.54, 1.807) is 0 Å². The molecule has 0 heterocycles. The van der Waals surface area contributed by atoms with E-state index in [1.165, 1.54) is 0 Å². The van der Waals surface area contributed by atoms with Crippen molar-refractivity contribution in [2.45, 2.75) is 0 Å². The zero-order chi connectivity index (χ0) is 18.5. The molecule has 0 N–H and O–H groups in total. The van der Waals surface area contributed by atoms with Crippen LogP contribution in [0.5, 0.6) is 0 Å². The molecular weight excluding hydrogens is 395 g/mol. The van der Waals surface area contributed by atoms with Crippen molar-refractivity contribution < 1.29 is 15.3 Å². The van der Waals surface area contributed by atoms with Gasteiger partial charge in [-0.1, -0.05) is 0 Å². The van der Waals surface area contributed by atoms with Crippen LogP contribution in [0.2, 0.25) is 0 Å². The Balaban J connectivity index is 0.000000196. The number of hydrogen-bond acceptors (Lipinski definition) is 0. The molecule has 0 aliphatic heterocycles. The fraction of sp³-hybridized carbons (Fsp3) is 0. The maximum absolute atomic E-state index is 6.21. The molecule has 0 aliphatic rings. The summed E-state index contributed by atoms with van der Waals surface area (Å²) in [6, 6.07) is 40.2. The summed E-state index contributed by atoms with van der Waals surface area (Å²) in [5, 5.41) is 0. The first-order valence-corrected chi connectivity index (χ1v) is 13.4. The molecular formula is C23H20Cl2Ti-2. The van der Waals surface area contributed by atoms with Crippen LogP contribution < -0.4 is 0 Å². The van der Waals surface area contributed by atoms with Crippen LogP contribution in [0.1, 0.15) is 11.1 Å². The van der Waals surface area contributed by atoms with Gasteiger partial charge in [-0.3, -0.25) is 0 Å². The summed E-state index contributed by atoms with van der Waals surface area (Å²) < 4.78 is 1.12. The summed E-state index contributed by atoms with van der Waals surface area (Å²) in [4.78, 5) is 0. The minimum Gasteiger partial charge on any atom is -0.214 e. The van der Waals surface area contributed by atoms with Crippen LogP contribution in [0.15, 0.2) is 121 Å². The Labute approximate surface area is 169 Å². The van der Waals surface area contributed by atoms with Gasteiger partial charge in [0, 0.05) is 0 Å². The second-order valence-corrected chi connectivity index (χ2v) is 10.8. The van der Waals surface area contributed by atoms with Gasteiger partial charge in [0.2, 0.25) is 0 Å². The monoisotopic (exact) mass is 414 g/mol. The minimum absolute atomic E-state index is 1.12. The molecule has 132 valence electrons. The zero-order valence-electron chi connectivity index (χ0n) is 14.3. The summed E-state index contributed by atoms with van der Waals surface area (Å²) in [6.07, 6.45) is 0. The van der Waals surface area contributed by atoms with E-state index in [2.05, 4.69) is 24.3 Å². The van der Waals surface area contributed by atoms with Gasteiger partial charge in [0.25, 0.3) is 0 Å². The molecule has 0 radical (unpaired) electrons. The Morgan fingerprint density at radius 2 is 0.885 bits per heavy atom. The molecule has 26 heavy (non-hydrogen) atoms. The summed E-state index contributed by atoms with van der Waals surface area (Å²) in [7, 11) is 12.4. The SMILES string of the molecule is [Cl][Ti]([Cl])=[C](c1ccccc1)c1ccccc1.c1cc[cH-]c1.c1cc[cH-]c1. The van der Waals surface area contributed by atoms with Crippen LogP contribution in [0, 0.1) is 0 Å². The van der Waals surface area contributed by atoms with Crippen molar-refractivity contribution in [1.82, 2.24) is 0 Å². The van der Waals surface area contributed by atoms with Crippen LogP contribution in [0.25, 0.3) is 0 Å². The summed E-state index contributed by atoms with van der Waals surface area (Å²) in [5.74, 6) is 0. The van der Waals surface area contributed by atoms with Crippen LogP contribution >= 0.6 is 18.6 Å². The molecule has 0 spiro atoms. The standard InChI is InChI=1S/C13H10.2C5H5.2ClH.Ti/c1-3-7-12(8-4-1)11-13-9-5-2-6-10-13;2*1-2-4-5-3-1;;;/h1-10H;2*1-5H;2*1H;/q;2*-1;;;+2/p-2. The van der Waals surface area contributed by atoms with E-state index in [4.69, 9.17) is 18.6 Å². The van der Waals surface area contributed by atoms with E-state index in [9.17, 15) is 0 Å². The molecule has 0 atom stereocenters. The molecule has 0 saturated heterocycles. The third-order valence-corrected chi connectivity index (χ3v) is 6.48. The van der Waals surface area contributed by atoms with E-state index in [1.807, 2.05) is 97.1 Å². The van der Waals surface area contributed by atoms with Crippen molar-refractivity contribution >= 4 is 22.4 Å². The van der Waals surface area contributed by atoms with Crippen molar-refractivity contribution in [2.24, 2.45) is 0 Å². The van der Waals surface area contributed by atoms with Crippen LogP contribution in [-0.4, -0.2) is 3.81 Å². The van der Waals surface area contributed by atoms with Gasteiger partial charge in [-0.25, -0.2) is 24.3 Å². The minimum atomic E-state index is -2.15. The first-order valence-electron chi connectivity index (χ1n) is 8.28. The molecule has 4 aromatic carbocycles. The van der Waals surface area contributed by atoms with Crippen molar-refractivity contribution in [3.8, 4) is 0 Å². The quantitative estimate of drug-likeness (QED) is 0.245. The molecule has 0 aromatic heterocycles. The molecule has 3 heteroatoms. The predicted octanol–water partition coefficient (Wildman–Crippen LogP) is 6.99. The largest absolute Gasteiger partial charge is 0.214 e. The van der Waals surface area contributed by atoms with Crippen molar-refractivity contribution in [3.05, 3.63) is 132 Å². The fourth-order valence-electron chi connectivity index (χ4n) is 2.24. The van der Waals surface area contributed by atoms with Crippen molar-refractivity contribution in [2.75, 3.05) is 0 Å². The van der Waals surface area contributed by atoms with Crippen LogP contribution in [0.3, 0.4) is 0 Å². The van der Waals surface area contributed by atoms with Gasteiger partial charge in [-0.2, -0.15) is 36.4 Å². The van der Waals surface area contributed by atoms with Gasteiger partial charge in [0.15, 0.2) is 0 Å². The molecule has 0 unspecified atom stereocenters. The number of hydrogen-bond donors (Lipinski definition) is 0. The average Bonchev–Trinajstić information content (AvgIpc) is 3.42. The number of halogens is 2. The van der Waals surface area contributed by atoms with E-state index in [0.717, 1.165) is 14.9 Å². The predicted molar refractivity (Wildman–Crippen MR) is 112 cm³/mol. The fourth-order valence-corrected chi connectivity index (χ4v) is 5.24. The topological polar surface area (TPSA) is 0 Å². The Hall–Kier alpha value is -1.70. The van der Waals surface area contributed by atoms with Crippen LogP contribution in [0.4, 0.5) is 0 Å². The van der Waals surface area contributed by atoms with E-state index in [-0.39, 0.29) is 0 Å². The third-order valence-electron chi connectivity index (χ3n) is 3.43. The van der Waals surface area contributed by atoms with Crippen LogP contribution in [-0.2, 0) is 15.3 Å². The maximum Gasteiger partial charge on any atom is -0.172 e. The molecule has 0 saturated carbocycles. The van der Waals surface area contributed by atoms with Gasteiger partial charge < -0.3 is 0 Å². The van der Waals surface area contributed by atoms with E-state index < -0.39 is 15.3 Å². The Kier molecular flexibility index (Phi) is 10.0. The molecule has 0 bridgehead atoms. The molecule has 0 amide bonds. The summed E-state index contributed by atoms with van der Waals surface area (Å²) >= 11 is -2.15. The third kappa shape index (κ3) is 7.68. The van der Waals surface area contributed by atoms with Gasteiger partial charge in [0.05, 0.1) is 0 Å². The van der Waals surface area contributed by atoms with Crippen molar-refractivity contribution in [3.63, 3.8) is 0 Å². The van der Waals surface area contributed by atoms with Crippen molar-refractivity contribution in [1.29, 1.82) is 0 Å². The molecule has 0 nitrogen and oxygen atoms in total. The Morgan fingerprint density at radius 1 is 0.538 bits per heavy atom. The Morgan fingerprint density at radius 3 is 1.12 bits per heavy atom. The van der Waals surface area contributed by atoms with E-state index >= 15 is 0 Å².